The largest absolute Gasteiger partial charge is 0.472 e. The zero-order valence-electron chi connectivity index (χ0n) is 18.3. The van der Waals surface area contributed by atoms with Gasteiger partial charge in [-0.3, -0.25) is 5.32 Å². The van der Waals surface area contributed by atoms with Gasteiger partial charge in [0, 0.05) is 19.3 Å². The topological polar surface area (TPSA) is 76.0 Å². The average Bonchev–Trinajstić information content (AvgIpc) is 2.65. The molecule has 0 aliphatic carbocycles. The van der Waals surface area contributed by atoms with Gasteiger partial charge in [-0.05, 0) is 74.3 Å². The molecule has 7 nitrogen and oxygen atoms in total. The van der Waals surface area contributed by atoms with Gasteiger partial charge in [-0.25, -0.2) is 14.8 Å². The molecule has 0 fully saturated rings. The summed E-state index contributed by atoms with van der Waals surface area (Å²) < 4.78 is 11.9. The van der Waals surface area contributed by atoms with Gasteiger partial charge in [0.05, 0.1) is 22.2 Å². The van der Waals surface area contributed by atoms with E-state index in [0.717, 1.165) is 28.0 Å². The number of aromatic nitrogens is 1. The molecule has 1 amide bonds. The van der Waals surface area contributed by atoms with E-state index < -0.39 is 11.7 Å². The molecule has 2 aromatic rings. The van der Waals surface area contributed by atoms with Crippen LogP contribution in [0.5, 0.6) is 5.88 Å². The van der Waals surface area contributed by atoms with Crippen molar-refractivity contribution in [1.82, 2.24) is 9.88 Å². The number of hydrogen-bond acceptors (Lipinski definition) is 5. The fourth-order valence-electron chi connectivity index (χ4n) is 2.34. The Hall–Kier alpha value is -2.61. The third-order valence-electron chi connectivity index (χ3n) is 3.95. The molecule has 0 unspecified atom stereocenters. The minimum Gasteiger partial charge on any atom is -0.472 e. The number of rotatable bonds is 7. The Morgan fingerprint density at radius 2 is 2.07 bits per heavy atom. The Morgan fingerprint density at radius 1 is 1.33 bits per heavy atom. The first-order chi connectivity index (χ1) is 14.1. The van der Waals surface area contributed by atoms with Crippen LogP contribution in [0.15, 0.2) is 39.8 Å². The summed E-state index contributed by atoms with van der Waals surface area (Å²) in [6.45, 7) is 10.6. The molecular formula is C22H29BrN4O3. The van der Waals surface area contributed by atoms with Gasteiger partial charge in [-0.1, -0.05) is 12.1 Å². The first-order valence-electron chi connectivity index (χ1n) is 9.70. The lowest BCUT2D eigenvalue weighted by molar-refractivity contribution is 0.0636. The van der Waals surface area contributed by atoms with E-state index in [1.165, 1.54) is 0 Å². The van der Waals surface area contributed by atoms with Gasteiger partial charge in [0.15, 0.2) is 0 Å². The van der Waals surface area contributed by atoms with Gasteiger partial charge < -0.3 is 14.4 Å². The van der Waals surface area contributed by atoms with Crippen LogP contribution in [0.4, 0.5) is 16.2 Å². The van der Waals surface area contributed by atoms with Crippen LogP contribution in [0.2, 0.25) is 0 Å². The highest BCUT2D eigenvalue weighted by atomic mass is 79.9. The summed E-state index contributed by atoms with van der Waals surface area (Å²) >= 11 is 3.51. The average molecular weight is 477 g/mol. The summed E-state index contributed by atoms with van der Waals surface area (Å²) in [5.41, 5.74) is 2.52. The number of amides is 1. The quantitative estimate of drug-likeness (QED) is 0.410. The van der Waals surface area contributed by atoms with Crippen molar-refractivity contribution in [2.45, 2.75) is 46.8 Å². The highest BCUT2D eigenvalue weighted by molar-refractivity contribution is 9.10. The first-order valence-corrected chi connectivity index (χ1v) is 10.5. The van der Waals surface area contributed by atoms with E-state index in [0.29, 0.717) is 18.2 Å². The van der Waals surface area contributed by atoms with E-state index in [2.05, 4.69) is 38.1 Å². The normalized spacial score (nSPS) is 11.4. The second-order valence-electron chi connectivity index (χ2n) is 7.81. The third kappa shape index (κ3) is 7.67. The fraction of sp³-hybridized carbons (Fsp3) is 0.409. The molecular weight excluding hydrogens is 448 g/mol. The molecule has 0 atom stereocenters. The van der Waals surface area contributed by atoms with Gasteiger partial charge in [-0.15, -0.1) is 0 Å². The summed E-state index contributed by atoms with van der Waals surface area (Å²) in [7, 11) is 1.96. The Labute approximate surface area is 186 Å². The number of carbonyl (C=O) groups excluding carboxylic acids is 1. The van der Waals surface area contributed by atoms with E-state index in [9.17, 15) is 4.79 Å². The minimum absolute atomic E-state index is 0.302. The molecule has 1 heterocycles. The predicted molar refractivity (Wildman–Crippen MR) is 124 cm³/mol. The molecule has 1 aromatic heterocycles. The molecule has 0 aliphatic rings. The van der Waals surface area contributed by atoms with Crippen molar-refractivity contribution in [1.29, 1.82) is 0 Å². The molecule has 162 valence electrons. The highest BCUT2D eigenvalue weighted by Gasteiger charge is 2.16. The van der Waals surface area contributed by atoms with E-state index >= 15 is 0 Å². The molecule has 0 bridgehead atoms. The summed E-state index contributed by atoms with van der Waals surface area (Å²) in [4.78, 5) is 22.9. The maximum absolute atomic E-state index is 12.0. The number of carbonyl (C=O) groups is 1. The lowest BCUT2D eigenvalue weighted by Crippen LogP contribution is -2.27. The number of nitrogens with zero attached hydrogens (tertiary/aromatic N) is 3. The Kier molecular flexibility index (Phi) is 8.23. The van der Waals surface area contributed by atoms with E-state index in [-0.39, 0.29) is 0 Å². The minimum atomic E-state index is -0.553. The van der Waals surface area contributed by atoms with Crippen molar-refractivity contribution in [2.24, 2.45) is 4.99 Å². The molecule has 0 aliphatic heterocycles. The monoisotopic (exact) mass is 476 g/mol. The number of hydrogen-bond donors (Lipinski definition) is 1. The van der Waals surface area contributed by atoms with Crippen LogP contribution >= 0.6 is 15.9 Å². The van der Waals surface area contributed by atoms with Gasteiger partial charge >= 0.3 is 6.09 Å². The van der Waals surface area contributed by atoms with Crippen LogP contribution in [-0.2, 0) is 11.3 Å². The standard InChI is InChI=1S/C22H29BrN4O3/c1-7-27(6)14-24-19-12-18(23)20(25-15(19)2)29-13-16-9-8-10-17(11-16)26-21(28)30-22(3,4)5/h8-12,14H,7,13H2,1-6H3,(H,26,28)/b24-14+. The van der Waals surface area contributed by atoms with E-state index in [1.807, 2.05) is 63.9 Å². The predicted octanol–water partition coefficient (Wildman–Crippen LogP) is 5.69. The third-order valence-corrected chi connectivity index (χ3v) is 4.52. The fourth-order valence-corrected chi connectivity index (χ4v) is 2.76. The van der Waals surface area contributed by atoms with Crippen molar-refractivity contribution < 1.29 is 14.3 Å². The lowest BCUT2D eigenvalue weighted by Gasteiger charge is -2.19. The molecule has 30 heavy (non-hydrogen) atoms. The van der Waals surface area contributed by atoms with Crippen LogP contribution in [0.3, 0.4) is 0 Å². The summed E-state index contributed by atoms with van der Waals surface area (Å²) in [5, 5.41) is 2.73. The highest BCUT2D eigenvalue weighted by Crippen LogP contribution is 2.30. The van der Waals surface area contributed by atoms with Crippen LogP contribution in [0, 0.1) is 6.92 Å². The summed E-state index contributed by atoms with van der Waals surface area (Å²) in [6.07, 6.45) is 1.28. The van der Waals surface area contributed by atoms with E-state index in [4.69, 9.17) is 9.47 Å². The van der Waals surface area contributed by atoms with E-state index in [1.54, 1.807) is 12.4 Å². The lowest BCUT2D eigenvalue weighted by atomic mass is 10.2. The first kappa shape index (κ1) is 23.7. The number of nitrogens with one attached hydrogen (secondary N) is 1. The number of pyridine rings is 1. The zero-order chi connectivity index (χ0) is 22.3. The van der Waals surface area contributed by atoms with Crippen molar-refractivity contribution in [3.05, 3.63) is 46.1 Å². The maximum atomic E-state index is 12.0. The smallest absolute Gasteiger partial charge is 0.412 e. The van der Waals surface area contributed by atoms with Crippen molar-refractivity contribution in [3.8, 4) is 5.88 Å². The van der Waals surface area contributed by atoms with Crippen molar-refractivity contribution in [2.75, 3.05) is 18.9 Å². The molecule has 8 heteroatoms. The second-order valence-corrected chi connectivity index (χ2v) is 8.67. The molecule has 0 spiro atoms. The molecule has 2 rings (SSSR count). The number of anilines is 1. The molecule has 0 radical (unpaired) electrons. The summed E-state index contributed by atoms with van der Waals surface area (Å²) in [5.74, 6) is 0.487. The van der Waals surface area contributed by atoms with Crippen LogP contribution in [0.25, 0.3) is 0 Å². The van der Waals surface area contributed by atoms with Gasteiger partial charge in [0.25, 0.3) is 0 Å². The number of benzene rings is 1. The second kappa shape index (κ2) is 10.4. The van der Waals surface area contributed by atoms with Gasteiger partial charge in [0.2, 0.25) is 5.88 Å². The van der Waals surface area contributed by atoms with Crippen molar-refractivity contribution >= 4 is 39.7 Å². The number of ether oxygens (including phenoxy) is 2. The van der Waals surface area contributed by atoms with Crippen LogP contribution in [0.1, 0.15) is 39.0 Å². The molecule has 1 aromatic carbocycles. The van der Waals surface area contributed by atoms with Gasteiger partial charge in [-0.2, -0.15) is 0 Å². The summed E-state index contributed by atoms with van der Waals surface area (Å²) in [6, 6.07) is 9.29. The van der Waals surface area contributed by atoms with Crippen molar-refractivity contribution in [3.63, 3.8) is 0 Å². The SMILES string of the molecule is CCN(C)/C=N/c1cc(Br)c(OCc2cccc(NC(=O)OC(C)(C)C)c2)nc1C. The van der Waals surface area contributed by atoms with Gasteiger partial charge in [0.1, 0.15) is 12.2 Å². The Bertz CT molecular complexity index is 910. The van der Waals surface area contributed by atoms with Crippen LogP contribution < -0.4 is 10.1 Å². The van der Waals surface area contributed by atoms with Crippen LogP contribution in [-0.4, -0.2) is 41.5 Å². The number of aryl methyl sites for hydroxylation is 1. The Balaban J connectivity index is 2.04. The number of aliphatic imine (C=N–C) groups is 1. The molecule has 0 saturated carbocycles. The Morgan fingerprint density at radius 3 is 2.73 bits per heavy atom. The maximum Gasteiger partial charge on any atom is 0.412 e. The molecule has 0 saturated heterocycles. The number of halogens is 1. The zero-order valence-corrected chi connectivity index (χ0v) is 19.9. The molecule has 1 N–H and O–H groups in total.